The van der Waals surface area contributed by atoms with Gasteiger partial charge in [-0.2, -0.15) is 9.59 Å². The molecule has 0 spiro atoms. The monoisotopic (exact) mass is 540 g/mol. The van der Waals surface area contributed by atoms with Crippen LogP contribution in [0.25, 0.3) is 5.57 Å². The molecule has 36 heavy (non-hydrogen) atoms. The van der Waals surface area contributed by atoms with Gasteiger partial charge in [0.2, 0.25) is 0 Å². The Morgan fingerprint density at radius 3 is 2.36 bits per heavy atom. The summed E-state index contributed by atoms with van der Waals surface area (Å²) in [6.07, 6.45) is 4.13. The third kappa shape index (κ3) is 9.84. The topological polar surface area (TPSA) is 77.5 Å². The molecule has 3 rings (SSSR count). The summed E-state index contributed by atoms with van der Waals surface area (Å²) in [4.78, 5) is 16.2. The molecule has 1 aliphatic carbocycles. The molecule has 0 radical (unpaired) electrons. The van der Waals surface area contributed by atoms with E-state index in [0.717, 1.165) is 28.7 Å². The Morgan fingerprint density at radius 1 is 1.08 bits per heavy atom. The zero-order valence-electron chi connectivity index (χ0n) is 20.5. The summed E-state index contributed by atoms with van der Waals surface area (Å²) in [5.41, 5.74) is 4.55. The van der Waals surface area contributed by atoms with Crippen LogP contribution in [0.5, 0.6) is 5.75 Å². The van der Waals surface area contributed by atoms with Gasteiger partial charge in [0.05, 0.1) is 0 Å². The fourth-order valence-corrected chi connectivity index (χ4v) is 5.02. The number of aryl methyl sites for hydroxylation is 2. The predicted octanol–water partition coefficient (Wildman–Crippen LogP) is 6.34. The normalized spacial score (nSPS) is 15.0. The number of allylic oxidation sites excluding steroid dienone is 1. The summed E-state index contributed by atoms with van der Waals surface area (Å²) in [5, 5.41) is 0.606. The highest BCUT2D eigenvalue weighted by atomic mass is 35.5. The predicted molar refractivity (Wildman–Crippen MR) is 136 cm³/mol. The number of benzene rings is 2. The SMILES string of the molecule is CCc1ccc(OCC2=C(c3ccc(Cl)cc3)CCC(F)(F)C2)c(CCCCS(C)(=O)=O)c1.O=C=O. The molecule has 0 saturated carbocycles. The number of unbranched alkanes of at least 4 members (excludes halogenated alkanes) is 1. The molecule has 0 atom stereocenters. The maximum absolute atomic E-state index is 14.3. The van der Waals surface area contributed by atoms with Gasteiger partial charge in [-0.3, -0.25) is 0 Å². The Hall–Kier alpha value is -2.54. The highest BCUT2D eigenvalue weighted by molar-refractivity contribution is 7.90. The van der Waals surface area contributed by atoms with Crippen LogP contribution in [0.1, 0.15) is 55.7 Å². The lowest BCUT2D eigenvalue weighted by atomic mass is 9.85. The molecule has 0 heterocycles. The van der Waals surface area contributed by atoms with Crippen molar-refractivity contribution in [1.82, 2.24) is 0 Å². The van der Waals surface area contributed by atoms with Crippen molar-refractivity contribution >= 4 is 33.2 Å². The number of halogens is 3. The fraction of sp³-hybridized carbons (Fsp3) is 0.444. The zero-order valence-corrected chi connectivity index (χ0v) is 22.1. The summed E-state index contributed by atoms with van der Waals surface area (Å²) in [6.45, 7) is 2.16. The first-order chi connectivity index (χ1) is 17.0. The zero-order chi connectivity index (χ0) is 26.8. The lowest BCUT2D eigenvalue weighted by molar-refractivity contribution is -0.191. The molecule has 9 heteroatoms. The van der Waals surface area contributed by atoms with Gasteiger partial charge < -0.3 is 4.74 Å². The Bertz CT molecular complexity index is 1190. The second kappa shape index (κ2) is 13.7. The van der Waals surface area contributed by atoms with Gasteiger partial charge in [0.25, 0.3) is 5.92 Å². The fourth-order valence-electron chi connectivity index (χ4n) is 4.16. The molecule has 2 aromatic carbocycles. The van der Waals surface area contributed by atoms with Gasteiger partial charge in [-0.1, -0.05) is 42.8 Å². The van der Waals surface area contributed by atoms with E-state index in [1.54, 1.807) is 12.1 Å². The van der Waals surface area contributed by atoms with Crippen molar-refractivity contribution in [2.45, 2.75) is 57.8 Å². The smallest absolute Gasteiger partial charge is 0.373 e. The second-order valence-electron chi connectivity index (χ2n) is 8.88. The van der Waals surface area contributed by atoms with Crippen LogP contribution in [-0.2, 0) is 32.3 Å². The quantitative estimate of drug-likeness (QED) is 0.329. The number of carbonyl (C=O) groups excluding carboxylic acids is 2. The lowest BCUT2D eigenvalue weighted by Gasteiger charge is -2.28. The van der Waals surface area contributed by atoms with Crippen molar-refractivity contribution in [3.8, 4) is 5.75 Å². The van der Waals surface area contributed by atoms with E-state index in [0.29, 0.717) is 42.0 Å². The first kappa shape index (κ1) is 29.7. The van der Waals surface area contributed by atoms with Gasteiger partial charge in [-0.15, -0.1) is 0 Å². The highest BCUT2D eigenvalue weighted by Gasteiger charge is 2.35. The minimum absolute atomic E-state index is 0.0926. The summed E-state index contributed by atoms with van der Waals surface area (Å²) in [6, 6.07) is 13.2. The molecule has 0 aromatic heterocycles. The van der Waals surface area contributed by atoms with Crippen LogP contribution in [0.3, 0.4) is 0 Å². The average molecular weight is 541 g/mol. The van der Waals surface area contributed by atoms with Crippen LogP contribution in [0.4, 0.5) is 8.78 Å². The number of hydrogen-bond donors (Lipinski definition) is 0. The molecular formula is C27H31ClF2O5S. The highest BCUT2D eigenvalue weighted by Crippen LogP contribution is 2.41. The third-order valence-corrected chi connectivity index (χ3v) is 7.26. The first-order valence-corrected chi connectivity index (χ1v) is 14.2. The molecule has 0 N–H and O–H groups in total. The number of hydrogen-bond acceptors (Lipinski definition) is 5. The van der Waals surface area contributed by atoms with E-state index in [2.05, 4.69) is 13.0 Å². The maximum atomic E-state index is 14.3. The molecule has 0 aliphatic heterocycles. The average Bonchev–Trinajstić information content (AvgIpc) is 2.81. The summed E-state index contributed by atoms with van der Waals surface area (Å²) in [5.74, 6) is -1.92. The Labute approximate surface area is 216 Å². The van der Waals surface area contributed by atoms with Gasteiger partial charge in [0, 0.05) is 29.9 Å². The van der Waals surface area contributed by atoms with Crippen LogP contribution in [0.15, 0.2) is 48.0 Å². The minimum Gasteiger partial charge on any atom is -0.489 e. The van der Waals surface area contributed by atoms with Crippen molar-refractivity contribution in [3.63, 3.8) is 0 Å². The van der Waals surface area contributed by atoms with Crippen molar-refractivity contribution in [2.75, 3.05) is 18.6 Å². The Morgan fingerprint density at radius 2 is 1.75 bits per heavy atom. The molecule has 196 valence electrons. The van der Waals surface area contributed by atoms with Crippen LogP contribution < -0.4 is 4.74 Å². The Balaban J connectivity index is 0.00000145. The number of sulfone groups is 1. The van der Waals surface area contributed by atoms with E-state index < -0.39 is 15.8 Å². The van der Waals surface area contributed by atoms with Gasteiger partial charge >= 0.3 is 6.15 Å². The van der Waals surface area contributed by atoms with Gasteiger partial charge in [0.1, 0.15) is 22.2 Å². The van der Waals surface area contributed by atoms with Gasteiger partial charge in [0.15, 0.2) is 0 Å². The summed E-state index contributed by atoms with van der Waals surface area (Å²) >= 11 is 6.00. The molecule has 0 unspecified atom stereocenters. The van der Waals surface area contributed by atoms with E-state index in [-0.39, 0.29) is 31.4 Å². The van der Waals surface area contributed by atoms with Crippen molar-refractivity contribution in [1.29, 1.82) is 0 Å². The molecule has 0 bridgehead atoms. The summed E-state index contributed by atoms with van der Waals surface area (Å²) < 4.78 is 57.4. The van der Waals surface area contributed by atoms with Crippen LogP contribution in [-0.4, -0.2) is 39.1 Å². The molecule has 5 nitrogen and oxygen atoms in total. The molecule has 0 saturated heterocycles. The number of ether oxygens (including phenoxy) is 1. The molecular weight excluding hydrogens is 510 g/mol. The van der Waals surface area contributed by atoms with E-state index in [4.69, 9.17) is 25.9 Å². The minimum atomic E-state index is -2.99. The molecule has 2 aromatic rings. The van der Waals surface area contributed by atoms with Crippen molar-refractivity contribution < 1.29 is 31.5 Å². The van der Waals surface area contributed by atoms with Crippen LogP contribution >= 0.6 is 11.6 Å². The first-order valence-electron chi connectivity index (χ1n) is 11.7. The van der Waals surface area contributed by atoms with Gasteiger partial charge in [-0.25, -0.2) is 17.2 Å². The van der Waals surface area contributed by atoms with Crippen molar-refractivity contribution in [2.24, 2.45) is 0 Å². The van der Waals surface area contributed by atoms with E-state index >= 15 is 0 Å². The van der Waals surface area contributed by atoms with Crippen LogP contribution in [0, 0.1) is 0 Å². The Kier molecular flexibility index (Phi) is 11.3. The van der Waals surface area contributed by atoms with E-state index in [1.165, 1.54) is 6.26 Å². The lowest BCUT2D eigenvalue weighted by Crippen LogP contribution is -2.24. The number of rotatable bonds is 10. The number of alkyl halides is 2. The van der Waals surface area contributed by atoms with Crippen molar-refractivity contribution in [3.05, 3.63) is 69.8 Å². The van der Waals surface area contributed by atoms with Crippen LogP contribution in [0.2, 0.25) is 5.02 Å². The summed E-state index contributed by atoms with van der Waals surface area (Å²) in [7, 11) is -2.99. The van der Waals surface area contributed by atoms with E-state index in [1.807, 2.05) is 24.3 Å². The second-order valence-corrected chi connectivity index (χ2v) is 11.6. The van der Waals surface area contributed by atoms with Gasteiger partial charge in [-0.05, 0) is 78.1 Å². The molecule has 0 fully saturated rings. The standard InChI is InChI=1S/C26H31ClF2O3S.CO2/c1-3-19-7-12-25(21(16-19)6-4-5-15-33(2,30)31)32-18-22-17-26(28,29)14-13-24(22)20-8-10-23(27)11-9-20;2-1-3/h7-12,16H,3-6,13-15,17-18H2,1-2H3;. The largest absolute Gasteiger partial charge is 0.489 e. The molecule has 1 aliphatic rings. The molecule has 0 amide bonds. The third-order valence-electron chi connectivity index (χ3n) is 5.98. The maximum Gasteiger partial charge on any atom is 0.373 e. The van der Waals surface area contributed by atoms with E-state index in [9.17, 15) is 17.2 Å².